The highest BCUT2D eigenvalue weighted by Gasteiger charge is 2.17. The van der Waals surface area contributed by atoms with Gasteiger partial charge in [-0.15, -0.1) is 0 Å². The molecule has 0 radical (unpaired) electrons. The van der Waals surface area contributed by atoms with Crippen molar-refractivity contribution in [3.63, 3.8) is 0 Å². The number of primary amides is 1. The SMILES string of the molecule is NC(=O)c1ccnc(OC2CCSC2)c1. The monoisotopic (exact) mass is 224 g/mol. The van der Waals surface area contributed by atoms with Gasteiger partial charge in [-0.2, -0.15) is 11.8 Å². The van der Waals surface area contributed by atoms with E-state index < -0.39 is 5.91 Å². The van der Waals surface area contributed by atoms with E-state index >= 15 is 0 Å². The van der Waals surface area contributed by atoms with Crippen LogP contribution in [0.1, 0.15) is 16.8 Å². The number of hydrogen-bond acceptors (Lipinski definition) is 4. The van der Waals surface area contributed by atoms with E-state index in [1.54, 1.807) is 12.1 Å². The summed E-state index contributed by atoms with van der Waals surface area (Å²) in [5.74, 6) is 2.14. The summed E-state index contributed by atoms with van der Waals surface area (Å²) < 4.78 is 5.63. The van der Waals surface area contributed by atoms with Gasteiger partial charge in [-0.25, -0.2) is 4.98 Å². The third-order valence-electron chi connectivity index (χ3n) is 2.19. The van der Waals surface area contributed by atoms with Gasteiger partial charge in [0.15, 0.2) is 0 Å². The quantitative estimate of drug-likeness (QED) is 0.834. The maximum atomic E-state index is 10.9. The van der Waals surface area contributed by atoms with Crippen molar-refractivity contribution in [1.82, 2.24) is 4.98 Å². The lowest BCUT2D eigenvalue weighted by Gasteiger charge is -2.11. The molecule has 1 atom stereocenters. The number of carbonyl (C=O) groups is 1. The molecular weight excluding hydrogens is 212 g/mol. The summed E-state index contributed by atoms with van der Waals surface area (Å²) in [5, 5.41) is 0. The Balaban J connectivity index is 2.07. The predicted octanol–water partition coefficient (Wildman–Crippen LogP) is 1.06. The summed E-state index contributed by atoms with van der Waals surface area (Å²) >= 11 is 1.87. The van der Waals surface area contributed by atoms with Crippen molar-refractivity contribution in [1.29, 1.82) is 0 Å². The average molecular weight is 224 g/mol. The van der Waals surface area contributed by atoms with Crippen LogP contribution >= 0.6 is 11.8 Å². The standard InChI is InChI=1S/C10H12N2O2S/c11-10(13)7-1-3-12-9(5-7)14-8-2-4-15-6-8/h1,3,5,8H,2,4,6H2,(H2,11,13). The zero-order valence-corrected chi connectivity index (χ0v) is 9.00. The summed E-state index contributed by atoms with van der Waals surface area (Å²) in [6.07, 6.45) is 2.79. The summed E-state index contributed by atoms with van der Waals surface area (Å²) in [6, 6.07) is 3.17. The molecule has 1 fully saturated rings. The summed E-state index contributed by atoms with van der Waals surface area (Å²) in [6.45, 7) is 0. The predicted molar refractivity (Wildman–Crippen MR) is 59.1 cm³/mol. The van der Waals surface area contributed by atoms with E-state index in [1.807, 2.05) is 11.8 Å². The third-order valence-corrected chi connectivity index (χ3v) is 3.33. The molecule has 2 heterocycles. The molecule has 15 heavy (non-hydrogen) atoms. The second-order valence-corrected chi connectivity index (χ2v) is 4.50. The number of aromatic nitrogens is 1. The molecule has 0 aliphatic carbocycles. The van der Waals surface area contributed by atoms with Crippen molar-refractivity contribution in [2.24, 2.45) is 5.73 Å². The number of hydrogen-bond donors (Lipinski definition) is 1. The molecular formula is C10H12N2O2S. The number of pyridine rings is 1. The Hall–Kier alpha value is -1.23. The van der Waals surface area contributed by atoms with Gasteiger partial charge in [-0.1, -0.05) is 0 Å². The number of nitrogens with zero attached hydrogens (tertiary/aromatic N) is 1. The number of nitrogens with two attached hydrogens (primary N) is 1. The van der Waals surface area contributed by atoms with Crippen molar-refractivity contribution in [2.75, 3.05) is 11.5 Å². The smallest absolute Gasteiger partial charge is 0.248 e. The molecule has 80 valence electrons. The van der Waals surface area contributed by atoms with E-state index in [-0.39, 0.29) is 6.10 Å². The molecule has 2 rings (SSSR count). The minimum Gasteiger partial charge on any atom is -0.473 e. The van der Waals surface area contributed by atoms with Crippen molar-refractivity contribution in [2.45, 2.75) is 12.5 Å². The van der Waals surface area contributed by atoms with Crippen LogP contribution in [0.4, 0.5) is 0 Å². The van der Waals surface area contributed by atoms with Gasteiger partial charge in [0.2, 0.25) is 11.8 Å². The molecule has 1 aliphatic heterocycles. The van der Waals surface area contributed by atoms with Crippen LogP contribution in [-0.2, 0) is 0 Å². The topological polar surface area (TPSA) is 65.2 Å². The van der Waals surface area contributed by atoms with Crippen LogP contribution in [0.2, 0.25) is 0 Å². The minimum absolute atomic E-state index is 0.214. The zero-order chi connectivity index (χ0) is 10.7. The molecule has 0 spiro atoms. The van der Waals surface area contributed by atoms with Crippen molar-refractivity contribution < 1.29 is 9.53 Å². The van der Waals surface area contributed by atoms with Gasteiger partial charge in [-0.05, 0) is 18.2 Å². The van der Waals surface area contributed by atoms with Gasteiger partial charge >= 0.3 is 0 Å². The van der Waals surface area contributed by atoms with Crippen LogP contribution in [0, 0.1) is 0 Å². The lowest BCUT2D eigenvalue weighted by Crippen LogP contribution is -2.16. The van der Waals surface area contributed by atoms with Gasteiger partial charge < -0.3 is 10.5 Å². The second kappa shape index (κ2) is 4.53. The first-order valence-electron chi connectivity index (χ1n) is 4.76. The molecule has 1 aromatic heterocycles. The number of thioether (sulfide) groups is 1. The normalized spacial score (nSPS) is 20.1. The van der Waals surface area contributed by atoms with Crippen LogP contribution in [0.5, 0.6) is 5.88 Å². The third kappa shape index (κ3) is 2.62. The molecule has 4 nitrogen and oxygen atoms in total. The number of rotatable bonds is 3. The first kappa shape index (κ1) is 10.3. The Morgan fingerprint density at radius 2 is 2.53 bits per heavy atom. The number of ether oxygens (including phenoxy) is 1. The first-order valence-corrected chi connectivity index (χ1v) is 5.91. The lowest BCUT2D eigenvalue weighted by atomic mass is 10.2. The van der Waals surface area contributed by atoms with Gasteiger partial charge in [0.1, 0.15) is 6.10 Å². The Morgan fingerprint density at radius 3 is 3.20 bits per heavy atom. The van der Waals surface area contributed by atoms with Crippen LogP contribution in [0.15, 0.2) is 18.3 Å². The van der Waals surface area contributed by atoms with E-state index in [2.05, 4.69) is 4.98 Å². The van der Waals surface area contributed by atoms with Gasteiger partial charge in [0, 0.05) is 23.6 Å². The Morgan fingerprint density at radius 1 is 1.67 bits per heavy atom. The average Bonchev–Trinajstić information content (AvgIpc) is 2.71. The first-order chi connectivity index (χ1) is 7.25. The molecule has 1 saturated heterocycles. The van der Waals surface area contributed by atoms with Crippen LogP contribution < -0.4 is 10.5 Å². The fourth-order valence-electron chi connectivity index (χ4n) is 1.40. The van der Waals surface area contributed by atoms with Gasteiger partial charge in [0.05, 0.1) is 0 Å². The highest BCUT2D eigenvalue weighted by atomic mass is 32.2. The van der Waals surface area contributed by atoms with E-state index in [0.717, 1.165) is 17.9 Å². The highest BCUT2D eigenvalue weighted by molar-refractivity contribution is 7.99. The minimum atomic E-state index is -0.456. The largest absolute Gasteiger partial charge is 0.473 e. The van der Waals surface area contributed by atoms with Crippen molar-refractivity contribution in [3.05, 3.63) is 23.9 Å². The van der Waals surface area contributed by atoms with E-state index in [9.17, 15) is 4.79 Å². The van der Waals surface area contributed by atoms with Crippen LogP contribution in [0.3, 0.4) is 0 Å². The fraction of sp³-hybridized carbons (Fsp3) is 0.400. The molecule has 1 amide bonds. The van der Waals surface area contributed by atoms with E-state index in [1.165, 1.54) is 6.20 Å². The Kier molecular flexibility index (Phi) is 3.11. The number of carbonyl (C=O) groups excluding carboxylic acids is 1. The molecule has 0 bridgehead atoms. The molecule has 1 unspecified atom stereocenters. The molecule has 0 aromatic carbocycles. The van der Waals surface area contributed by atoms with Crippen LogP contribution in [-0.4, -0.2) is 28.5 Å². The summed E-state index contributed by atoms with van der Waals surface area (Å²) in [5.41, 5.74) is 5.60. The van der Waals surface area contributed by atoms with Crippen LogP contribution in [0.25, 0.3) is 0 Å². The second-order valence-electron chi connectivity index (χ2n) is 3.35. The van der Waals surface area contributed by atoms with E-state index in [4.69, 9.17) is 10.5 Å². The molecule has 2 N–H and O–H groups in total. The molecule has 1 aliphatic rings. The maximum Gasteiger partial charge on any atom is 0.248 e. The van der Waals surface area contributed by atoms with Crippen molar-refractivity contribution >= 4 is 17.7 Å². The van der Waals surface area contributed by atoms with Gasteiger partial charge in [0.25, 0.3) is 0 Å². The molecule has 0 saturated carbocycles. The summed E-state index contributed by atoms with van der Waals surface area (Å²) in [7, 11) is 0. The molecule has 1 aromatic rings. The fourth-order valence-corrected chi connectivity index (χ4v) is 2.50. The lowest BCUT2D eigenvalue weighted by molar-refractivity contribution is 0.0999. The summed E-state index contributed by atoms with van der Waals surface area (Å²) in [4.78, 5) is 15.0. The Bertz CT molecular complexity index is 364. The Labute approximate surface area is 92.2 Å². The van der Waals surface area contributed by atoms with Crippen molar-refractivity contribution in [3.8, 4) is 5.88 Å². The zero-order valence-electron chi connectivity index (χ0n) is 8.18. The number of amides is 1. The maximum absolute atomic E-state index is 10.9. The molecule has 5 heteroatoms. The highest BCUT2D eigenvalue weighted by Crippen LogP contribution is 2.22. The van der Waals surface area contributed by atoms with E-state index in [0.29, 0.717) is 11.4 Å². The van der Waals surface area contributed by atoms with Gasteiger partial charge in [-0.3, -0.25) is 4.79 Å².